The topological polar surface area (TPSA) is 123 Å². The molecule has 2 aromatic heterocycles. The molecular formula is C22H20N6O3. The molecule has 4 rings (SSSR count). The largest absolute Gasteiger partial charge is 0.472 e. The molecule has 1 unspecified atom stereocenters. The van der Waals surface area contributed by atoms with E-state index in [1.165, 1.54) is 17.1 Å². The Kier molecular flexibility index (Phi) is 5.82. The summed E-state index contributed by atoms with van der Waals surface area (Å²) in [5, 5.41) is 20.9. The van der Waals surface area contributed by atoms with Crippen molar-refractivity contribution in [3.05, 3.63) is 65.6 Å². The lowest BCUT2D eigenvalue weighted by molar-refractivity contribution is 0.0671. The van der Waals surface area contributed by atoms with Crippen LogP contribution in [0.25, 0.3) is 5.69 Å². The van der Waals surface area contributed by atoms with Crippen LogP contribution in [0.15, 0.2) is 48.9 Å². The van der Waals surface area contributed by atoms with Crippen LogP contribution in [0.4, 0.5) is 0 Å². The summed E-state index contributed by atoms with van der Waals surface area (Å²) in [4.78, 5) is 30.7. The molecule has 1 aliphatic rings. The van der Waals surface area contributed by atoms with Gasteiger partial charge in [0.15, 0.2) is 12.1 Å². The van der Waals surface area contributed by atoms with Crippen LogP contribution < -0.4 is 10.1 Å². The number of pyridine rings is 1. The molecule has 0 bridgehead atoms. The van der Waals surface area contributed by atoms with Crippen molar-refractivity contribution in [1.82, 2.24) is 25.3 Å². The number of carbonyl (C=O) groups is 2. The van der Waals surface area contributed by atoms with Crippen molar-refractivity contribution in [1.29, 1.82) is 5.26 Å². The summed E-state index contributed by atoms with van der Waals surface area (Å²) < 4.78 is 6.04. The van der Waals surface area contributed by atoms with E-state index in [2.05, 4.69) is 20.5 Å². The van der Waals surface area contributed by atoms with Gasteiger partial charge in [0.05, 0.1) is 29.2 Å². The molecule has 0 spiro atoms. The second-order valence-electron chi connectivity index (χ2n) is 7.29. The summed E-state index contributed by atoms with van der Waals surface area (Å²) in [7, 11) is 0. The lowest BCUT2D eigenvalue weighted by atomic mass is 9.90. The Hall–Kier alpha value is -3.90. The Labute approximate surface area is 178 Å². The Balaban J connectivity index is 1.68. The lowest BCUT2D eigenvalue weighted by Crippen LogP contribution is -2.55. The molecule has 0 saturated carbocycles. The van der Waals surface area contributed by atoms with Crippen molar-refractivity contribution < 1.29 is 14.3 Å². The molecule has 1 saturated heterocycles. The number of aromatic nitrogens is 4. The van der Waals surface area contributed by atoms with Gasteiger partial charge in [-0.05, 0) is 38.0 Å². The number of nitriles is 1. The normalized spacial score (nSPS) is 20.6. The van der Waals surface area contributed by atoms with Gasteiger partial charge in [0, 0.05) is 17.8 Å². The van der Waals surface area contributed by atoms with E-state index in [0.717, 1.165) is 6.42 Å². The van der Waals surface area contributed by atoms with Gasteiger partial charge in [-0.15, -0.1) is 0 Å². The van der Waals surface area contributed by atoms with Gasteiger partial charge in [0.2, 0.25) is 5.88 Å². The van der Waals surface area contributed by atoms with Crippen molar-refractivity contribution in [3.63, 3.8) is 0 Å². The van der Waals surface area contributed by atoms with Crippen molar-refractivity contribution in [2.45, 2.75) is 38.0 Å². The van der Waals surface area contributed by atoms with Crippen LogP contribution in [0, 0.1) is 11.3 Å². The average Bonchev–Trinajstić information content (AvgIpc) is 3.34. The summed E-state index contributed by atoms with van der Waals surface area (Å²) in [6, 6.07) is 9.94. The minimum atomic E-state index is -0.674. The molecule has 1 aliphatic heterocycles. The lowest BCUT2D eigenvalue weighted by Gasteiger charge is -2.35. The molecule has 3 aromatic rings. The Morgan fingerprint density at radius 1 is 1.23 bits per heavy atom. The zero-order valence-corrected chi connectivity index (χ0v) is 16.8. The van der Waals surface area contributed by atoms with Crippen LogP contribution in [-0.4, -0.2) is 50.2 Å². The number of Topliss-reactive ketones (excluding diaryl/α,β-unsaturated/α-hetero) is 1. The first-order valence-corrected chi connectivity index (χ1v) is 9.89. The molecule has 0 aliphatic carbocycles. The first-order valence-electron chi connectivity index (χ1n) is 9.89. The highest BCUT2D eigenvalue weighted by Gasteiger charge is 2.37. The number of hydrogen-bond acceptors (Lipinski definition) is 8. The van der Waals surface area contributed by atoms with E-state index in [0.29, 0.717) is 24.0 Å². The third-order valence-corrected chi connectivity index (χ3v) is 5.26. The van der Waals surface area contributed by atoms with Crippen molar-refractivity contribution in [2.75, 3.05) is 0 Å². The number of rotatable bonds is 6. The highest BCUT2D eigenvalue weighted by atomic mass is 16.5. The summed E-state index contributed by atoms with van der Waals surface area (Å²) in [5.74, 6) is -0.122. The third-order valence-electron chi connectivity index (χ3n) is 5.26. The quantitative estimate of drug-likeness (QED) is 0.479. The zero-order valence-electron chi connectivity index (χ0n) is 16.8. The number of hydrogen-bond donors (Lipinski definition) is 1. The van der Waals surface area contributed by atoms with E-state index >= 15 is 0 Å². The summed E-state index contributed by atoms with van der Waals surface area (Å²) in [6.07, 6.45) is 5.85. The average molecular weight is 416 g/mol. The van der Waals surface area contributed by atoms with Gasteiger partial charge in [0.25, 0.3) is 0 Å². The van der Waals surface area contributed by atoms with E-state index in [1.54, 1.807) is 30.6 Å². The molecule has 0 radical (unpaired) electrons. The first-order chi connectivity index (χ1) is 15.1. The number of carbonyl (C=O) groups excluding carboxylic acids is 2. The van der Waals surface area contributed by atoms with Gasteiger partial charge in [0.1, 0.15) is 18.2 Å². The van der Waals surface area contributed by atoms with Crippen molar-refractivity contribution in [2.24, 2.45) is 0 Å². The number of ether oxygens (including phenoxy) is 1. The molecule has 3 heterocycles. The van der Waals surface area contributed by atoms with Gasteiger partial charge in [-0.2, -0.15) is 20.3 Å². The molecular weight excluding hydrogens is 396 g/mol. The smallest absolute Gasteiger partial charge is 0.225 e. The molecule has 3 atom stereocenters. The van der Waals surface area contributed by atoms with Crippen LogP contribution in [0.3, 0.4) is 0 Å². The second kappa shape index (κ2) is 8.85. The number of piperidine rings is 1. The maximum absolute atomic E-state index is 13.6. The number of ketones is 1. The SMILES string of the molecule is C[C@@H]1CC[C@@H](Oc2nccc(C#N)c2C=O)C(C(=O)c2ccccc2-n2nccn2)N1. The van der Waals surface area contributed by atoms with Crippen LogP contribution in [0.5, 0.6) is 5.88 Å². The predicted octanol–water partition coefficient (Wildman–Crippen LogP) is 2.12. The maximum atomic E-state index is 13.6. The first kappa shape index (κ1) is 20.4. The number of para-hydroxylation sites is 1. The van der Waals surface area contributed by atoms with Gasteiger partial charge in [-0.25, -0.2) is 4.98 Å². The molecule has 1 N–H and O–H groups in total. The molecule has 1 aromatic carbocycles. The Morgan fingerprint density at radius 3 is 2.74 bits per heavy atom. The number of aldehydes is 1. The van der Waals surface area contributed by atoms with Crippen molar-refractivity contribution >= 4 is 12.1 Å². The fourth-order valence-electron chi connectivity index (χ4n) is 3.72. The third kappa shape index (κ3) is 4.06. The van der Waals surface area contributed by atoms with Gasteiger partial charge >= 0.3 is 0 Å². The van der Waals surface area contributed by atoms with E-state index in [4.69, 9.17) is 4.74 Å². The molecule has 1 fully saturated rings. The van der Waals surface area contributed by atoms with Gasteiger partial charge in [-0.1, -0.05) is 12.1 Å². The fourth-order valence-corrected chi connectivity index (χ4v) is 3.72. The Bertz CT molecular complexity index is 1140. The van der Waals surface area contributed by atoms with Gasteiger partial charge in [-0.3, -0.25) is 9.59 Å². The monoisotopic (exact) mass is 416 g/mol. The van der Waals surface area contributed by atoms with Gasteiger partial charge < -0.3 is 10.1 Å². The predicted molar refractivity (Wildman–Crippen MR) is 110 cm³/mol. The molecule has 156 valence electrons. The van der Waals surface area contributed by atoms with Crippen LogP contribution in [0.1, 0.15) is 46.0 Å². The highest BCUT2D eigenvalue weighted by Crippen LogP contribution is 2.26. The van der Waals surface area contributed by atoms with Crippen LogP contribution >= 0.6 is 0 Å². The fraction of sp³-hybridized carbons (Fsp3) is 0.273. The summed E-state index contributed by atoms with van der Waals surface area (Å²) >= 11 is 0. The molecule has 9 heteroatoms. The number of benzene rings is 1. The van der Waals surface area contributed by atoms with E-state index in [9.17, 15) is 14.9 Å². The van der Waals surface area contributed by atoms with Crippen LogP contribution in [-0.2, 0) is 0 Å². The zero-order chi connectivity index (χ0) is 21.8. The maximum Gasteiger partial charge on any atom is 0.225 e. The van der Waals surface area contributed by atoms with E-state index < -0.39 is 12.1 Å². The number of nitrogens with zero attached hydrogens (tertiary/aromatic N) is 5. The molecule has 31 heavy (non-hydrogen) atoms. The Morgan fingerprint density at radius 2 is 2.00 bits per heavy atom. The summed E-state index contributed by atoms with van der Waals surface area (Å²) in [5.41, 5.74) is 1.27. The minimum Gasteiger partial charge on any atom is -0.472 e. The molecule has 0 amide bonds. The summed E-state index contributed by atoms with van der Waals surface area (Å²) in [6.45, 7) is 2.00. The van der Waals surface area contributed by atoms with E-state index in [1.807, 2.05) is 19.1 Å². The standard InChI is InChI=1S/C22H20N6O3/c1-14-6-7-19(31-22-17(13-29)15(12-23)8-9-24-22)20(27-14)21(30)16-4-2-3-5-18(16)28-25-10-11-26-28/h2-5,8-11,13-14,19-20,27H,6-7H2,1H3/t14-,19-,20?/m1/s1. The number of nitrogens with one attached hydrogen (secondary N) is 1. The minimum absolute atomic E-state index is 0.0511. The van der Waals surface area contributed by atoms with Crippen molar-refractivity contribution in [3.8, 4) is 17.6 Å². The van der Waals surface area contributed by atoms with Crippen LogP contribution in [0.2, 0.25) is 0 Å². The highest BCUT2D eigenvalue weighted by molar-refractivity contribution is 6.03. The molecule has 9 nitrogen and oxygen atoms in total. The van der Waals surface area contributed by atoms with E-state index in [-0.39, 0.29) is 28.8 Å². The second-order valence-corrected chi connectivity index (χ2v) is 7.29.